The highest BCUT2D eigenvalue weighted by molar-refractivity contribution is 6.34. The number of carbonyl (C=O) groups excluding carboxylic acids is 1. The number of hydrogen-bond acceptors (Lipinski definition) is 4. The summed E-state index contributed by atoms with van der Waals surface area (Å²) in [5.74, 6) is 0.278. The van der Waals surface area contributed by atoms with E-state index in [-0.39, 0.29) is 27.9 Å². The molecular weight excluding hydrogens is 325 g/mol. The second-order valence-electron chi connectivity index (χ2n) is 5.82. The van der Waals surface area contributed by atoms with Crippen molar-refractivity contribution < 1.29 is 9.53 Å². The van der Waals surface area contributed by atoms with Gasteiger partial charge in [0, 0.05) is 26.2 Å². The Morgan fingerprint density at radius 3 is 3.00 bits per heavy atom. The van der Waals surface area contributed by atoms with Crippen molar-refractivity contribution in [3.8, 4) is 0 Å². The zero-order valence-corrected chi connectivity index (χ0v) is 14.3. The summed E-state index contributed by atoms with van der Waals surface area (Å²) in [6.07, 6.45) is -0.0191. The van der Waals surface area contributed by atoms with Crippen molar-refractivity contribution in [2.75, 3.05) is 32.8 Å². The molecule has 0 saturated carbocycles. The van der Waals surface area contributed by atoms with Crippen LogP contribution in [0.5, 0.6) is 0 Å². The van der Waals surface area contributed by atoms with Crippen molar-refractivity contribution >= 4 is 29.1 Å². The molecule has 1 aromatic heterocycles. The molecule has 2 heterocycles. The molecule has 122 valence electrons. The van der Waals surface area contributed by atoms with Gasteiger partial charge < -0.3 is 10.1 Å². The second-order valence-corrected chi connectivity index (χ2v) is 6.62. The van der Waals surface area contributed by atoms with Crippen LogP contribution in [0.25, 0.3) is 0 Å². The van der Waals surface area contributed by atoms with Gasteiger partial charge in [0.1, 0.15) is 10.8 Å². The lowest BCUT2D eigenvalue weighted by molar-refractivity contribution is -0.0295. The Kier molecular flexibility index (Phi) is 6.44. The predicted molar refractivity (Wildman–Crippen MR) is 87.6 cm³/mol. The van der Waals surface area contributed by atoms with Crippen LogP contribution in [0.4, 0.5) is 0 Å². The average molecular weight is 346 g/mol. The first-order valence-corrected chi connectivity index (χ1v) is 8.15. The van der Waals surface area contributed by atoms with Crippen LogP contribution in [0, 0.1) is 5.92 Å². The van der Waals surface area contributed by atoms with Crippen LogP contribution < -0.4 is 5.32 Å². The number of hydrogen-bond donors (Lipinski definition) is 1. The smallest absolute Gasteiger partial charge is 0.271 e. The number of nitrogens with one attached hydrogen (secondary N) is 1. The third kappa shape index (κ3) is 5.09. The van der Waals surface area contributed by atoms with E-state index >= 15 is 0 Å². The molecule has 1 fully saturated rings. The normalized spacial score (nSPS) is 19.4. The van der Waals surface area contributed by atoms with Crippen LogP contribution >= 0.6 is 23.2 Å². The summed E-state index contributed by atoms with van der Waals surface area (Å²) in [5.41, 5.74) is 0.143. The molecule has 1 aromatic rings. The molecule has 0 aromatic carbocycles. The zero-order valence-electron chi connectivity index (χ0n) is 12.8. The minimum Gasteiger partial charge on any atom is -0.374 e. The largest absolute Gasteiger partial charge is 0.374 e. The second kappa shape index (κ2) is 8.11. The number of ether oxygens (including phenoxy) is 1. The molecule has 1 atom stereocenters. The van der Waals surface area contributed by atoms with Crippen molar-refractivity contribution in [2.45, 2.75) is 20.0 Å². The summed E-state index contributed by atoms with van der Waals surface area (Å²) >= 11 is 11.8. The fourth-order valence-corrected chi connectivity index (χ4v) is 2.79. The van der Waals surface area contributed by atoms with Gasteiger partial charge in [0.25, 0.3) is 5.91 Å². The van der Waals surface area contributed by atoms with Gasteiger partial charge in [-0.3, -0.25) is 9.69 Å². The molecule has 0 aliphatic carbocycles. The first kappa shape index (κ1) is 17.5. The maximum absolute atomic E-state index is 12.1. The quantitative estimate of drug-likeness (QED) is 0.833. The van der Waals surface area contributed by atoms with E-state index in [1.54, 1.807) is 12.1 Å². The third-order valence-corrected chi connectivity index (χ3v) is 3.88. The van der Waals surface area contributed by atoms with E-state index in [1.165, 1.54) is 0 Å². The van der Waals surface area contributed by atoms with Crippen molar-refractivity contribution in [1.29, 1.82) is 0 Å². The Morgan fingerprint density at radius 2 is 2.27 bits per heavy atom. The highest BCUT2D eigenvalue weighted by Crippen LogP contribution is 2.16. The van der Waals surface area contributed by atoms with Gasteiger partial charge in [-0.15, -0.1) is 0 Å². The minimum atomic E-state index is -0.336. The number of halogens is 2. The Labute approximate surface area is 140 Å². The number of nitrogens with zero attached hydrogens (tertiary/aromatic N) is 2. The number of aromatic nitrogens is 1. The highest BCUT2D eigenvalue weighted by atomic mass is 35.5. The maximum Gasteiger partial charge on any atom is 0.271 e. The van der Waals surface area contributed by atoms with Crippen LogP contribution in [0.3, 0.4) is 0 Å². The molecule has 1 aliphatic rings. The van der Waals surface area contributed by atoms with E-state index in [0.29, 0.717) is 19.1 Å². The van der Waals surface area contributed by atoms with Crippen LogP contribution in [0.15, 0.2) is 12.1 Å². The first-order valence-electron chi connectivity index (χ1n) is 7.40. The Bertz CT molecular complexity index is 526. The first-order chi connectivity index (χ1) is 10.5. The Balaban J connectivity index is 1.86. The highest BCUT2D eigenvalue weighted by Gasteiger charge is 2.22. The van der Waals surface area contributed by atoms with Gasteiger partial charge in [-0.1, -0.05) is 37.0 Å². The number of morpholine rings is 1. The molecule has 1 amide bonds. The fraction of sp³-hybridized carbons (Fsp3) is 0.600. The van der Waals surface area contributed by atoms with Crippen LogP contribution in [0.1, 0.15) is 24.3 Å². The van der Waals surface area contributed by atoms with Gasteiger partial charge in [-0.25, -0.2) is 4.98 Å². The predicted octanol–water partition coefficient (Wildman–Crippen LogP) is 2.48. The molecule has 7 heteroatoms. The molecule has 1 saturated heterocycles. The molecule has 0 bridgehead atoms. The summed E-state index contributed by atoms with van der Waals surface area (Å²) in [6.45, 7) is 8.29. The van der Waals surface area contributed by atoms with Gasteiger partial charge in [-0.2, -0.15) is 0 Å². The van der Waals surface area contributed by atoms with Crippen molar-refractivity contribution in [1.82, 2.24) is 15.2 Å². The minimum absolute atomic E-state index is 0.0191. The number of rotatable bonds is 5. The topological polar surface area (TPSA) is 54.5 Å². The lowest BCUT2D eigenvalue weighted by Gasteiger charge is -2.33. The van der Waals surface area contributed by atoms with Gasteiger partial charge >= 0.3 is 0 Å². The fourth-order valence-electron chi connectivity index (χ4n) is 2.45. The van der Waals surface area contributed by atoms with Crippen molar-refractivity contribution in [2.24, 2.45) is 5.92 Å². The molecule has 5 nitrogen and oxygen atoms in total. The molecule has 1 aliphatic heterocycles. The number of pyridine rings is 1. The molecular formula is C15H21Cl2N3O2. The van der Waals surface area contributed by atoms with Crippen LogP contribution in [0.2, 0.25) is 10.2 Å². The van der Waals surface area contributed by atoms with Gasteiger partial charge in [0.15, 0.2) is 0 Å². The summed E-state index contributed by atoms with van der Waals surface area (Å²) in [6, 6.07) is 3.11. The Hall–Kier alpha value is -0.880. The van der Waals surface area contributed by atoms with E-state index in [1.807, 2.05) is 0 Å². The summed E-state index contributed by atoms with van der Waals surface area (Å²) in [5, 5.41) is 3.34. The molecule has 22 heavy (non-hydrogen) atoms. The van der Waals surface area contributed by atoms with Crippen LogP contribution in [-0.4, -0.2) is 54.7 Å². The summed E-state index contributed by atoms with van der Waals surface area (Å²) < 4.78 is 5.69. The maximum atomic E-state index is 12.1. The van der Waals surface area contributed by atoms with E-state index in [4.69, 9.17) is 27.9 Å². The molecule has 1 unspecified atom stereocenters. The zero-order chi connectivity index (χ0) is 16.1. The Morgan fingerprint density at radius 1 is 1.50 bits per heavy atom. The monoisotopic (exact) mass is 345 g/mol. The summed E-state index contributed by atoms with van der Waals surface area (Å²) in [4.78, 5) is 18.5. The molecule has 1 N–H and O–H groups in total. The average Bonchev–Trinajstić information content (AvgIpc) is 2.47. The SMILES string of the molecule is CC(C)CN1CCOC(CNC(=O)c2nc(Cl)ccc2Cl)C1. The number of carbonyl (C=O) groups is 1. The molecule has 2 rings (SSSR count). The standard InChI is InChI=1S/C15H21Cl2N3O2/c1-10(2)8-20-5-6-22-11(9-20)7-18-15(21)14-12(16)3-4-13(17)19-14/h3-4,10-11H,5-9H2,1-2H3,(H,18,21). The third-order valence-electron chi connectivity index (χ3n) is 3.36. The van der Waals surface area contributed by atoms with Gasteiger partial charge in [0.05, 0.1) is 17.7 Å². The van der Waals surface area contributed by atoms with Crippen LogP contribution in [-0.2, 0) is 4.74 Å². The number of amides is 1. The van der Waals surface area contributed by atoms with Gasteiger partial charge in [-0.05, 0) is 18.1 Å². The van der Waals surface area contributed by atoms with E-state index in [2.05, 4.69) is 29.0 Å². The van der Waals surface area contributed by atoms with E-state index in [0.717, 1.165) is 19.6 Å². The van der Waals surface area contributed by atoms with Gasteiger partial charge in [0.2, 0.25) is 0 Å². The van der Waals surface area contributed by atoms with Crippen molar-refractivity contribution in [3.05, 3.63) is 28.0 Å². The molecule has 0 spiro atoms. The summed E-state index contributed by atoms with van der Waals surface area (Å²) in [7, 11) is 0. The molecule has 0 radical (unpaired) electrons. The van der Waals surface area contributed by atoms with E-state index < -0.39 is 0 Å². The lowest BCUT2D eigenvalue weighted by atomic mass is 10.2. The lowest BCUT2D eigenvalue weighted by Crippen LogP contribution is -2.48. The van der Waals surface area contributed by atoms with E-state index in [9.17, 15) is 4.79 Å². The van der Waals surface area contributed by atoms with Crippen molar-refractivity contribution in [3.63, 3.8) is 0 Å².